The van der Waals surface area contributed by atoms with Gasteiger partial charge in [-0.05, 0) is 11.8 Å². The van der Waals surface area contributed by atoms with Gasteiger partial charge in [0.05, 0.1) is 0 Å². The van der Waals surface area contributed by atoms with E-state index in [2.05, 4.69) is 27.7 Å². The van der Waals surface area contributed by atoms with E-state index in [0.29, 0.717) is 24.9 Å². The minimum atomic E-state index is -1.04. The molecular weight excluding hydrogens is 178 g/mol. The molecule has 3 heteroatoms. The highest BCUT2D eigenvalue weighted by Crippen LogP contribution is 2.09. The maximum absolute atomic E-state index is 10.8. The van der Waals surface area contributed by atoms with Gasteiger partial charge in [0.25, 0.3) is 0 Å². The van der Waals surface area contributed by atoms with E-state index < -0.39 is 6.09 Å². The van der Waals surface area contributed by atoms with Crippen LogP contribution in [0.1, 0.15) is 40.5 Å². The number of rotatable bonds is 6. The molecule has 0 aliphatic rings. The van der Waals surface area contributed by atoms with Crippen molar-refractivity contribution in [2.45, 2.75) is 40.5 Å². The van der Waals surface area contributed by atoms with Crippen LogP contribution in [0.25, 0.3) is 0 Å². The second-order valence-corrected chi connectivity index (χ2v) is 4.20. The minimum absolute atomic E-state index is 0.414. The third kappa shape index (κ3) is 5.10. The van der Waals surface area contributed by atoms with Gasteiger partial charge in [-0.25, -0.2) is 9.90 Å². The number of carbonyl (C=O) groups excluding carboxylic acids is 1. The standard InChI is InChI=1S/C11H22NO2/c1-5-9(3)7-12(11(13)14)8-10(4)6-2/h9-10H,5-8H2,1-4H3. The molecule has 0 spiro atoms. The lowest BCUT2D eigenvalue weighted by Crippen LogP contribution is -2.36. The Balaban J connectivity index is 4.09. The Hall–Kier alpha value is -0.730. The lowest BCUT2D eigenvalue weighted by Gasteiger charge is -2.24. The van der Waals surface area contributed by atoms with E-state index >= 15 is 0 Å². The van der Waals surface area contributed by atoms with Gasteiger partial charge >= 0.3 is 6.09 Å². The van der Waals surface area contributed by atoms with Gasteiger partial charge in [-0.2, -0.15) is 0 Å². The SMILES string of the molecule is CCC(C)CN(CC(C)CC)C([O])=O. The van der Waals surface area contributed by atoms with Crippen LogP contribution in [0, 0.1) is 11.8 Å². The Morgan fingerprint density at radius 1 is 1.07 bits per heavy atom. The summed E-state index contributed by atoms with van der Waals surface area (Å²) >= 11 is 0. The van der Waals surface area contributed by atoms with Crippen LogP contribution in [0.2, 0.25) is 0 Å². The van der Waals surface area contributed by atoms with E-state index in [1.807, 2.05) is 0 Å². The molecule has 2 unspecified atom stereocenters. The number of hydrogen-bond acceptors (Lipinski definition) is 1. The number of nitrogens with zero attached hydrogens (tertiary/aromatic N) is 1. The van der Waals surface area contributed by atoms with Gasteiger partial charge in [0, 0.05) is 13.1 Å². The van der Waals surface area contributed by atoms with Crippen molar-refractivity contribution < 1.29 is 9.90 Å². The van der Waals surface area contributed by atoms with E-state index in [1.54, 1.807) is 0 Å². The molecule has 14 heavy (non-hydrogen) atoms. The van der Waals surface area contributed by atoms with Gasteiger partial charge in [-0.1, -0.05) is 40.5 Å². The van der Waals surface area contributed by atoms with Gasteiger partial charge in [0.15, 0.2) is 0 Å². The van der Waals surface area contributed by atoms with Gasteiger partial charge in [-0.3, -0.25) is 0 Å². The third-order valence-corrected chi connectivity index (χ3v) is 2.72. The van der Waals surface area contributed by atoms with Gasteiger partial charge < -0.3 is 4.90 Å². The Bertz CT molecular complexity index is 159. The van der Waals surface area contributed by atoms with Crippen molar-refractivity contribution in [1.29, 1.82) is 0 Å². The second-order valence-electron chi connectivity index (χ2n) is 4.20. The van der Waals surface area contributed by atoms with Crippen molar-refractivity contribution in [2.24, 2.45) is 11.8 Å². The number of amides is 1. The topological polar surface area (TPSA) is 40.2 Å². The summed E-state index contributed by atoms with van der Waals surface area (Å²) in [5.74, 6) is 0.828. The molecule has 1 radical (unpaired) electrons. The average Bonchev–Trinajstić information content (AvgIpc) is 2.16. The quantitative estimate of drug-likeness (QED) is 0.649. The predicted molar refractivity (Wildman–Crippen MR) is 56.6 cm³/mol. The van der Waals surface area contributed by atoms with Crippen LogP contribution in [0.4, 0.5) is 4.79 Å². The molecule has 0 aromatic rings. The lowest BCUT2D eigenvalue weighted by molar-refractivity contribution is 0.106. The minimum Gasteiger partial charge on any atom is -0.305 e. The molecule has 0 aliphatic heterocycles. The van der Waals surface area contributed by atoms with E-state index in [-0.39, 0.29) is 0 Å². The Morgan fingerprint density at radius 2 is 1.43 bits per heavy atom. The van der Waals surface area contributed by atoms with E-state index in [4.69, 9.17) is 0 Å². The smallest absolute Gasteiger partial charge is 0.305 e. The summed E-state index contributed by atoms with van der Waals surface area (Å²) in [6.45, 7) is 9.47. The fourth-order valence-corrected chi connectivity index (χ4v) is 1.23. The molecule has 3 nitrogen and oxygen atoms in total. The lowest BCUT2D eigenvalue weighted by atomic mass is 10.1. The molecule has 83 valence electrons. The molecule has 0 saturated carbocycles. The summed E-state index contributed by atoms with van der Waals surface area (Å²) in [5, 5.41) is 10.8. The van der Waals surface area contributed by atoms with Crippen LogP contribution in [0.3, 0.4) is 0 Å². The zero-order valence-electron chi connectivity index (χ0n) is 9.75. The van der Waals surface area contributed by atoms with Crippen LogP contribution in [0.5, 0.6) is 0 Å². The molecule has 0 bridgehead atoms. The summed E-state index contributed by atoms with van der Waals surface area (Å²) in [5.41, 5.74) is 0. The molecule has 0 aromatic carbocycles. The van der Waals surface area contributed by atoms with Gasteiger partial charge in [0.1, 0.15) is 0 Å². The largest absolute Gasteiger partial charge is 0.453 e. The van der Waals surface area contributed by atoms with E-state index in [1.165, 1.54) is 4.90 Å². The highest BCUT2D eigenvalue weighted by Gasteiger charge is 2.17. The Kier molecular flexibility index (Phi) is 6.34. The van der Waals surface area contributed by atoms with Gasteiger partial charge in [-0.15, -0.1) is 0 Å². The zero-order chi connectivity index (χ0) is 11.1. The normalized spacial score (nSPS) is 14.9. The van der Waals surface area contributed by atoms with Crippen LogP contribution < -0.4 is 0 Å². The first-order valence-corrected chi connectivity index (χ1v) is 5.47. The predicted octanol–water partition coefficient (Wildman–Crippen LogP) is 2.93. The fraction of sp³-hybridized carbons (Fsp3) is 0.909. The summed E-state index contributed by atoms with van der Waals surface area (Å²) < 4.78 is 0. The van der Waals surface area contributed by atoms with Crippen molar-refractivity contribution in [3.63, 3.8) is 0 Å². The Labute approximate surface area is 87.1 Å². The first-order valence-electron chi connectivity index (χ1n) is 5.47. The summed E-state index contributed by atoms with van der Waals surface area (Å²) in [6, 6.07) is 0. The molecule has 0 fully saturated rings. The first kappa shape index (κ1) is 13.3. The van der Waals surface area contributed by atoms with Crippen molar-refractivity contribution >= 4 is 6.09 Å². The van der Waals surface area contributed by atoms with Crippen LogP contribution in [-0.2, 0) is 5.11 Å². The van der Waals surface area contributed by atoms with Gasteiger partial charge in [0.2, 0.25) is 0 Å². The van der Waals surface area contributed by atoms with Crippen LogP contribution >= 0.6 is 0 Å². The monoisotopic (exact) mass is 200 g/mol. The fourth-order valence-electron chi connectivity index (χ4n) is 1.23. The number of hydrogen-bond donors (Lipinski definition) is 0. The molecule has 0 N–H and O–H groups in total. The maximum atomic E-state index is 10.8. The van der Waals surface area contributed by atoms with Crippen molar-refractivity contribution in [1.82, 2.24) is 4.90 Å². The average molecular weight is 200 g/mol. The highest BCUT2D eigenvalue weighted by atomic mass is 16.4. The summed E-state index contributed by atoms with van der Waals surface area (Å²) in [4.78, 5) is 12.3. The highest BCUT2D eigenvalue weighted by molar-refractivity contribution is 5.64. The third-order valence-electron chi connectivity index (χ3n) is 2.72. The second kappa shape index (κ2) is 6.68. The molecule has 1 amide bonds. The van der Waals surface area contributed by atoms with Crippen LogP contribution in [0.15, 0.2) is 0 Å². The van der Waals surface area contributed by atoms with Crippen LogP contribution in [-0.4, -0.2) is 24.1 Å². The Morgan fingerprint density at radius 3 is 1.64 bits per heavy atom. The van der Waals surface area contributed by atoms with Crippen molar-refractivity contribution in [2.75, 3.05) is 13.1 Å². The van der Waals surface area contributed by atoms with Crippen molar-refractivity contribution in [3.8, 4) is 0 Å². The first-order chi connectivity index (χ1) is 6.51. The molecule has 0 rings (SSSR count). The molecule has 0 heterocycles. The van der Waals surface area contributed by atoms with Crippen molar-refractivity contribution in [3.05, 3.63) is 0 Å². The van der Waals surface area contributed by atoms with E-state index in [0.717, 1.165) is 12.8 Å². The molecular formula is C11H22NO2. The maximum Gasteiger partial charge on any atom is 0.453 e. The van der Waals surface area contributed by atoms with E-state index in [9.17, 15) is 9.90 Å². The molecule has 0 aromatic heterocycles. The molecule has 0 saturated heterocycles. The zero-order valence-corrected chi connectivity index (χ0v) is 9.75. The molecule has 0 aliphatic carbocycles. The summed E-state index contributed by atoms with van der Waals surface area (Å²) in [6.07, 6.45) is 0.972. The number of carbonyl (C=O) groups is 1. The summed E-state index contributed by atoms with van der Waals surface area (Å²) in [7, 11) is 0. The molecule has 2 atom stereocenters.